The van der Waals surface area contributed by atoms with Crippen LogP contribution >= 0.6 is 0 Å². The minimum atomic E-state index is -4.68. The zero-order valence-corrected chi connectivity index (χ0v) is 17.3. The molecule has 3 N–H and O–H groups in total. The molecule has 14 heteroatoms. The molecule has 182 valence electrons. The van der Waals surface area contributed by atoms with Gasteiger partial charge in [0, 0.05) is 30.4 Å². The molecule has 0 spiro atoms. The van der Waals surface area contributed by atoms with Gasteiger partial charge in [0.15, 0.2) is 0 Å². The average molecular weight is 488 g/mol. The van der Waals surface area contributed by atoms with E-state index in [0.717, 1.165) is 18.2 Å². The molecule has 0 unspecified atom stereocenters. The van der Waals surface area contributed by atoms with E-state index >= 15 is 0 Å². The standard InChI is InChI=1S/C20H18F6N6O2/c21-19(22,23)11-27-6-7-28-17(33)10-32-9-12-8-13(4-5-14(12)31-32)29-18(34)15-2-1-3-16(30-15)20(24,25)26/h1-5,8-9,27H,6-7,10-11H2,(H,28,33)(H,29,34). The molecular weight excluding hydrogens is 470 g/mol. The Morgan fingerprint density at radius 1 is 1.00 bits per heavy atom. The molecule has 2 aromatic heterocycles. The van der Waals surface area contributed by atoms with Gasteiger partial charge in [-0.15, -0.1) is 0 Å². The minimum Gasteiger partial charge on any atom is -0.353 e. The van der Waals surface area contributed by atoms with E-state index in [2.05, 4.69) is 26.0 Å². The number of amides is 2. The monoisotopic (exact) mass is 488 g/mol. The Labute approximate surface area is 188 Å². The van der Waals surface area contributed by atoms with E-state index in [1.54, 1.807) is 6.07 Å². The van der Waals surface area contributed by atoms with Crippen molar-refractivity contribution >= 4 is 28.4 Å². The van der Waals surface area contributed by atoms with Crippen LogP contribution in [0.5, 0.6) is 0 Å². The number of hydrogen-bond donors (Lipinski definition) is 3. The number of carbonyl (C=O) groups is 2. The van der Waals surface area contributed by atoms with Crippen LogP contribution in [0.1, 0.15) is 16.2 Å². The number of nitrogens with one attached hydrogen (secondary N) is 3. The lowest BCUT2D eigenvalue weighted by Gasteiger charge is -2.09. The van der Waals surface area contributed by atoms with Crippen molar-refractivity contribution in [2.45, 2.75) is 18.9 Å². The van der Waals surface area contributed by atoms with E-state index < -0.39 is 42.1 Å². The van der Waals surface area contributed by atoms with Gasteiger partial charge in [0.2, 0.25) is 5.91 Å². The van der Waals surface area contributed by atoms with Crippen LogP contribution in [-0.4, -0.2) is 52.4 Å². The van der Waals surface area contributed by atoms with Crippen molar-refractivity contribution < 1.29 is 35.9 Å². The van der Waals surface area contributed by atoms with Gasteiger partial charge in [-0.3, -0.25) is 14.3 Å². The Balaban J connectivity index is 1.57. The Hall–Kier alpha value is -3.68. The molecular formula is C20H18F6N6O2. The van der Waals surface area contributed by atoms with Crippen molar-refractivity contribution in [3.05, 3.63) is 54.0 Å². The number of rotatable bonds is 8. The third kappa shape index (κ3) is 7.16. The molecule has 8 nitrogen and oxygen atoms in total. The van der Waals surface area contributed by atoms with Crippen LogP contribution in [-0.2, 0) is 17.5 Å². The second-order valence-electron chi connectivity index (χ2n) is 7.10. The van der Waals surface area contributed by atoms with Crippen molar-refractivity contribution in [3.63, 3.8) is 0 Å². The number of carbonyl (C=O) groups excluding carboxylic acids is 2. The van der Waals surface area contributed by atoms with E-state index in [4.69, 9.17) is 0 Å². The second-order valence-corrected chi connectivity index (χ2v) is 7.10. The summed E-state index contributed by atoms with van der Waals surface area (Å²) in [4.78, 5) is 27.6. The summed E-state index contributed by atoms with van der Waals surface area (Å²) in [6, 6.07) is 7.53. The van der Waals surface area contributed by atoms with Gasteiger partial charge in [-0.1, -0.05) is 6.07 Å². The first-order valence-electron chi connectivity index (χ1n) is 9.78. The lowest BCUT2D eigenvalue weighted by atomic mass is 10.2. The smallest absolute Gasteiger partial charge is 0.353 e. The van der Waals surface area contributed by atoms with E-state index in [0.29, 0.717) is 10.9 Å². The van der Waals surface area contributed by atoms with E-state index in [-0.39, 0.29) is 25.3 Å². The molecule has 0 saturated heterocycles. The largest absolute Gasteiger partial charge is 0.433 e. The number of fused-ring (bicyclic) bond motifs is 1. The summed E-state index contributed by atoms with van der Waals surface area (Å²) >= 11 is 0. The van der Waals surface area contributed by atoms with Crippen LogP contribution < -0.4 is 16.0 Å². The SMILES string of the molecule is O=C(Cn1cc2cc(NC(=O)c3cccc(C(F)(F)F)n3)ccc2n1)NCCNCC(F)(F)F. The van der Waals surface area contributed by atoms with Gasteiger partial charge < -0.3 is 16.0 Å². The number of pyridine rings is 1. The molecule has 0 aliphatic heterocycles. The van der Waals surface area contributed by atoms with Crippen LogP contribution in [0.15, 0.2) is 42.6 Å². The Morgan fingerprint density at radius 2 is 1.76 bits per heavy atom. The topological polar surface area (TPSA) is 101 Å². The highest BCUT2D eigenvalue weighted by Gasteiger charge is 2.33. The molecule has 1 aromatic carbocycles. The van der Waals surface area contributed by atoms with Crippen LogP contribution in [0.3, 0.4) is 0 Å². The molecule has 0 aliphatic rings. The lowest BCUT2D eigenvalue weighted by Crippen LogP contribution is -2.37. The second kappa shape index (κ2) is 10.1. The first-order chi connectivity index (χ1) is 15.9. The maximum atomic E-state index is 12.8. The summed E-state index contributed by atoms with van der Waals surface area (Å²) in [6.07, 6.45) is -7.51. The predicted octanol–water partition coefficient (Wildman–Crippen LogP) is 2.97. The summed E-state index contributed by atoms with van der Waals surface area (Å²) in [6.45, 7) is -1.41. The number of benzene rings is 1. The number of hydrogen-bond acceptors (Lipinski definition) is 5. The van der Waals surface area contributed by atoms with Gasteiger partial charge in [0.25, 0.3) is 5.91 Å². The Kier molecular flexibility index (Phi) is 7.39. The molecule has 0 atom stereocenters. The van der Waals surface area contributed by atoms with Crippen molar-refractivity contribution in [1.29, 1.82) is 0 Å². The summed E-state index contributed by atoms with van der Waals surface area (Å²) in [5.41, 5.74) is -0.843. The van der Waals surface area contributed by atoms with Crippen LogP contribution in [0, 0.1) is 0 Å². The highest BCUT2D eigenvalue weighted by Crippen LogP contribution is 2.27. The first kappa shape index (κ1) is 25.0. The molecule has 0 radical (unpaired) electrons. The Morgan fingerprint density at radius 3 is 2.47 bits per heavy atom. The predicted molar refractivity (Wildman–Crippen MR) is 109 cm³/mol. The first-order valence-corrected chi connectivity index (χ1v) is 9.78. The average Bonchev–Trinajstić information content (AvgIpc) is 3.13. The van der Waals surface area contributed by atoms with Crippen LogP contribution in [0.2, 0.25) is 0 Å². The van der Waals surface area contributed by atoms with Crippen LogP contribution in [0.4, 0.5) is 32.0 Å². The summed E-state index contributed by atoms with van der Waals surface area (Å²) in [7, 11) is 0. The van der Waals surface area contributed by atoms with Gasteiger partial charge in [-0.2, -0.15) is 31.4 Å². The fraction of sp³-hybridized carbons (Fsp3) is 0.300. The van der Waals surface area contributed by atoms with Gasteiger partial charge in [-0.25, -0.2) is 4.98 Å². The molecule has 34 heavy (non-hydrogen) atoms. The summed E-state index contributed by atoms with van der Waals surface area (Å²) in [5.74, 6) is -1.30. The van der Waals surface area contributed by atoms with E-state index in [1.165, 1.54) is 23.0 Å². The van der Waals surface area contributed by atoms with Crippen molar-refractivity contribution in [2.75, 3.05) is 25.0 Å². The van der Waals surface area contributed by atoms with Gasteiger partial charge in [0.05, 0.1) is 12.1 Å². The number of alkyl halides is 6. The Bertz CT molecular complexity index is 1170. The molecule has 2 amide bonds. The molecule has 0 saturated carbocycles. The van der Waals surface area contributed by atoms with Gasteiger partial charge in [0.1, 0.15) is 17.9 Å². The third-order valence-electron chi connectivity index (χ3n) is 4.34. The normalized spacial score (nSPS) is 12.1. The van der Waals surface area contributed by atoms with Crippen molar-refractivity contribution in [1.82, 2.24) is 25.4 Å². The number of halogens is 6. The summed E-state index contributed by atoms with van der Waals surface area (Å²) in [5, 5.41) is 11.8. The number of nitrogens with zero attached hydrogens (tertiary/aromatic N) is 3. The van der Waals surface area contributed by atoms with Crippen molar-refractivity contribution in [3.8, 4) is 0 Å². The number of aromatic nitrogens is 3. The maximum absolute atomic E-state index is 12.8. The zero-order chi connectivity index (χ0) is 24.9. The van der Waals surface area contributed by atoms with Crippen LogP contribution in [0.25, 0.3) is 10.9 Å². The molecule has 3 aromatic rings. The lowest BCUT2D eigenvalue weighted by molar-refractivity contribution is -0.141. The molecule has 2 heterocycles. The quantitative estimate of drug-likeness (QED) is 0.335. The highest BCUT2D eigenvalue weighted by atomic mass is 19.4. The maximum Gasteiger partial charge on any atom is 0.433 e. The van der Waals surface area contributed by atoms with E-state index in [9.17, 15) is 35.9 Å². The van der Waals surface area contributed by atoms with Crippen molar-refractivity contribution in [2.24, 2.45) is 0 Å². The van der Waals surface area contributed by atoms with Gasteiger partial charge in [-0.05, 0) is 30.3 Å². The van der Waals surface area contributed by atoms with E-state index in [1.807, 2.05) is 0 Å². The molecule has 0 bridgehead atoms. The highest BCUT2D eigenvalue weighted by molar-refractivity contribution is 6.03. The summed E-state index contributed by atoms with van der Waals surface area (Å²) < 4.78 is 75.8. The van der Waals surface area contributed by atoms with Gasteiger partial charge >= 0.3 is 12.4 Å². The molecule has 0 aliphatic carbocycles. The molecule has 0 fully saturated rings. The number of anilines is 1. The fourth-order valence-electron chi connectivity index (χ4n) is 2.87. The zero-order valence-electron chi connectivity index (χ0n) is 17.3. The third-order valence-corrected chi connectivity index (χ3v) is 4.34. The molecule has 3 rings (SSSR count). The minimum absolute atomic E-state index is 0.00451. The fourth-order valence-corrected chi connectivity index (χ4v) is 2.87.